The summed E-state index contributed by atoms with van der Waals surface area (Å²) in [5.41, 5.74) is 4.93. The standard InChI is InChI=1S/C24H32O4/c1-7-11-17(2)16-18-12-10-15-21-22(18)24(27-5,28-6)20-14-9-8-13-19(20)23(21,25-3)26-4/h8-10,12-15,17H,7,11,16H2,1-6H3. The molecule has 0 amide bonds. The molecule has 0 aliphatic heterocycles. The molecule has 0 saturated carbocycles. The van der Waals surface area contributed by atoms with E-state index in [1.54, 1.807) is 28.4 Å². The highest BCUT2D eigenvalue weighted by molar-refractivity contribution is 5.57. The van der Waals surface area contributed by atoms with Crippen LogP contribution in [0.15, 0.2) is 42.5 Å². The van der Waals surface area contributed by atoms with E-state index in [1.807, 2.05) is 24.3 Å². The van der Waals surface area contributed by atoms with Crippen LogP contribution in [0.3, 0.4) is 0 Å². The van der Waals surface area contributed by atoms with Crippen molar-refractivity contribution in [3.8, 4) is 0 Å². The Hall–Kier alpha value is -1.72. The van der Waals surface area contributed by atoms with Crippen molar-refractivity contribution in [2.45, 2.75) is 44.7 Å². The van der Waals surface area contributed by atoms with Crippen molar-refractivity contribution in [2.75, 3.05) is 28.4 Å². The monoisotopic (exact) mass is 384 g/mol. The van der Waals surface area contributed by atoms with Crippen LogP contribution in [0.4, 0.5) is 0 Å². The Bertz CT molecular complexity index is 806. The minimum atomic E-state index is -1.00. The predicted molar refractivity (Wildman–Crippen MR) is 110 cm³/mol. The van der Waals surface area contributed by atoms with Crippen LogP contribution in [0.2, 0.25) is 0 Å². The lowest BCUT2D eigenvalue weighted by Crippen LogP contribution is -2.47. The van der Waals surface area contributed by atoms with Gasteiger partial charge in [0.2, 0.25) is 11.6 Å². The molecule has 4 heteroatoms. The van der Waals surface area contributed by atoms with Crippen molar-refractivity contribution in [2.24, 2.45) is 5.92 Å². The van der Waals surface area contributed by atoms with Crippen molar-refractivity contribution < 1.29 is 18.9 Å². The molecular formula is C24H32O4. The van der Waals surface area contributed by atoms with Crippen LogP contribution >= 0.6 is 0 Å². The van der Waals surface area contributed by atoms with Gasteiger partial charge in [0.05, 0.1) is 0 Å². The third kappa shape index (κ3) is 3.00. The van der Waals surface area contributed by atoms with Gasteiger partial charge in [0.15, 0.2) is 0 Å². The fourth-order valence-electron chi connectivity index (χ4n) is 4.77. The van der Waals surface area contributed by atoms with E-state index in [0.717, 1.165) is 28.7 Å². The summed E-state index contributed by atoms with van der Waals surface area (Å²) in [6.45, 7) is 4.52. The first-order valence-corrected chi connectivity index (χ1v) is 9.98. The first kappa shape index (κ1) is 21.0. The molecule has 0 saturated heterocycles. The van der Waals surface area contributed by atoms with Gasteiger partial charge in [-0.2, -0.15) is 0 Å². The van der Waals surface area contributed by atoms with Gasteiger partial charge >= 0.3 is 0 Å². The zero-order chi connectivity index (χ0) is 20.4. The fourth-order valence-corrected chi connectivity index (χ4v) is 4.77. The highest BCUT2D eigenvalue weighted by atomic mass is 16.7. The zero-order valence-corrected chi connectivity index (χ0v) is 17.9. The lowest BCUT2D eigenvalue weighted by atomic mass is 9.74. The highest BCUT2D eigenvalue weighted by Gasteiger charge is 2.53. The molecule has 0 bridgehead atoms. The molecule has 0 radical (unpaired) electrons. The number of fused-ring (bicyclic) bond motifs is 2. The molecular weight excluding hydrogens is 352 g/mol. The van der Waals surface area contributed by atoms with Crippen molar-refractivity contribution in [1.29, 1.82) is 0 Å². The summed E-state index contributed by atoms with van der Waals surface area (Å²) < 4.78 is 24.3. The normalized spacial score (nSPS) is 17.6. The van der Waals surface area contributed by atoms with Gasteiger partial charge in [-0.15, -0.1) is 0 Å². The molecule has 2 aromatic rings. The molecule has 1 aliphatic carbocycles. The quantitative estimate of drug-likeness (QED) is 0.603. The molecule has 4 nitrogen and oxygen atoms in total. The average molecular weight is 385 g/mol. The Kier molecular flexibility index (Phi) is 6.25. The highest BCUT2D eigenvalue weighted by Crippen LogP contribution is 2.52. The maximum Gasteiger partial charge on any atom is 0.223 e. The molecule has 3 rings (SSSR count). The number of hydrogen-bond donors (Lipinski definition) is 0. The van der Waals surface area contributed by atoms with E-state index < -0.39 is 11.6 Å². The summed E-state index contributed by atoms with van der Waals surface area (Å²) in [6.07, 6.45) is 3.28. The van der Waals surface area contributed by atoms with Gasteiger partial charge in [0.25, 0.3) is 0 Å². The lowest BCUT2D eigenvalue weighted by Gasteiger charge is -2.47. The second kappa shape index (κ2) is 8.34. The lowest BCUT2D eigenvalue weighted by molar-refractivity contribution is -0.221. The minimum Gasteiger partial charge on any atom is -0.346 e. The molecule has 0 heterocycles. The van der Waals surface area contributed by atoms with Crippen molar-refractivity contribution >= 4 is 0 Å². The van der Waals surface area contributed by atoms with Gasteiger partial charge < -0.3 is 18.9 Å². The SMILES string of the molecule is CCCC(C)Cc1cccc2c1C(OC)(OC)c1ccccc1C2(OC)OC. The van der Waals surface area contributed by atoms with E-state index in [4.69, 9.17) is 18.9 Å². The first-order valence-electron chi connectivity index (χ1n) is 9.98. The van der Waals surface area contributed by atoms with Gasteiger partial charge in [-0.05, 0) is 17.9 Å². The Morgan fingerprint density at radius 3 is 1.82 bits per heavy atom. The number of ether oxygens (including phenoxy) is 4. The van der Waals surface area contributed by atoms with Crippen LogP contribution in [-0.4, -0.2) is 28.4 Å². The van der Waals surface area contributed by atoms with Crippen LogP contribution in [0.1, 0.15) is 54.5 Å². The summed E-state index contributed by atoms with van der Waals surface area (Å²) in [4.78, 5) is 0. The number of rotatable bonds is 8. The van der Waals surface area contributed by atoms with E-state index in [0.29, 0.717) is 5.92 Å². The van der Waals surface area contributed by atoms with E-state index in [-0.39, 0.29) is 0 Å². The van der Waals surface area contributed by atoms with Gasteiger partial charge in [-0.1, -0.05) is 69.2 Å². The van der Waals surface area contributed by atoms with Gasteiger partial charge in [-0.25, -0.2) is 0 Å². The number of benzene rings is 2. The van der Waals surface area contributed by atoms with Gasteiger partial charge in [0.1, 0.15) is 0 Å². The average Bonchev–Trinajstić information content (AvgIpc) is 2.73. The van der Waals surface area contributed by atoms with Crippen LogP contribution in [-0.2, 0) is 36.9 Å². The number of methoxy groups -OCH3 is 4. The molecule has 0 spiro atoms. The van der Waals surface area contributed by atoms with E-state index in [2.05, 4.69) is 32.0 Å². The third-order valence-electron chi connectivity index (χ3n) is 5.97. The number of hydrogen-bond acceptors (Lipinski definition) is 4. The molecule has 1 atom stereocenters. The Morgan fingerprint density at radius 2 is 1.29 bits per heavy atom. The molecule has 0 aromatic heterocycles. The molecule has 1 aliphatic rings. The van der Waals surface area contributed by atoms with E-state index in [9.17, 15) is 0 Å². The van der Waals surface area contributed by atoms with Crippen LogP contribution in [0, 0.1) is 5.92 Å². The molecule has 1 unspecified atom stereocenters. The fraction of sp³-hybridized carbons (Fsp3) is 0.500. The second-order valence-corrected chi connectivity index (χ2v) is 7.53. The summed E-state index contributed by atoms with van der Waals surface area (Å²) >= 11 is 0. The maximum atomic E-state index is 6.11. The molecule has 0 N–H and O–H groups in total. The summed E-state index contributed by atoms with van der Waals surface area (Å²) in [5, 5.41) is 0. The molecule has 0 fully saturated rings. The van der Waals surface area contributed by atoms with Crippen LogP contribution in [0.25, 0.3) is 0 Å². The Morgan fingerprint density at radius 1 is 0.750 bits per heavy atom. The van der Waals surface area contributed by atoms with Crippen molar-refractivity contribution in [3.63, 3.8) is 0 Å². The van der Waals surface area contributed by atoms with E-state index in [1.165, 1.54) is 18.4 Å². The Balaban J connectivity index is 2.35. The predicted octanol–water partition coefficient (Wildman–Crippen LogP) is 4.97. The minimum absolute atomic E-state index is 0.555. The van der Waals surface area contributed by atoms with Gasteiger partial charge in [-0.3, -0.25) is 0 Å². The maximum absolute atomic E-state index is 6.11. The Labute approximate surface area is 168 Å². The van der Waals surface area contributed by atoms with Crippen LogP contribution < -0.4 is 0 Å². The molecule has 28 heavy (non-hydrogen) atoms. The summed E-state index contributed by atoms with van der Waals surface area (Å²) in [6, 6.07) is 14.3. The molecule has 152 valence electrons. The largest absolute Gasteiger partial charge is 0.346 e. The summed E-state index contributed by atoms with van der Waals surface area (Å²) in [5.74, 6) is -1.45. The van der Waals surface area contributed by atoms with E-state index >= 15 is 0 Å². The second-order valence-electron chi connectivity index (χ2n) is 7.53. The van der Waals surface area contributed by atoms with Crippen molar-refractivity contribution in [3.05, 3.63) is 70.3 Å². The third-order valence-corrected chi connectivity index (χ3v) is 5.97. The van der Waals surface area contributed by atoms with Crippen LogP contribution in [0.5, 0.6) is 0 Å². The first-order chi connectivity index (χ1) is 13.5. The zero-order valence-electron chi connectivity index (χ0n) is 17.9. The topological polar surface area (TPSA) is 36.9 Å². The molecule has 2 aromatic carbocycles. The van der Waals surface area contributed by atoms with Gasteiger partial charge in [0, 0.05) is 50.7 Å². The van der Waals surface area contributed by atoms with Crippen molar-refractivity contribution in [1.82, 2.24) is 0 Å². The smallest absolute Gasteiger partial charge is 0.223 e. The summed E-state index contributed by atoms with van der Waals surface area (Å²) in [7, 11) is 6.76.